The first-order chi connectivity index (χ1) is 13.6. The maximum Gasteiger partial charge on any atom is 0.411 e. The minimum atomic E-state index is -0.454. The molecule has 0 saturated heterocycles. The van der Waals surface area contributed by atoms with E-state index in [4.69, 9.17) is 4.74 Å². The van der Waals surface area contributed by atoms with Gasteiger partial charge in [-0.3, -0.25) is 10.1 Å². The SMILES string of the molecule is CCCCCCCCOC(=O)Nc1ccc(C(=O)NCCN(CC)CC)cc1. The first-order valence-electron chi connectivity index (χ1n) is 10.6. The Morgan fingerprint density at radius 1 is 0.929 bits per heavy atom. The lowest BCUT2D eigenvalue weighted by Crippen LogP contribution is -2.34. The van der Waals surface area contributed by atoms with Gasteiger partial charge in [0, 0.05) is 24.3 Å². The van der Waals surface area contributed by atoms with Crippen LogP contribution in [0, 0.1) is 0 Å². The van der Waals surface area contributed by atoms with Crippen molar-refractivity contribution in [2.24, 2.45) is 0 Å². The standard InChI is InChI=1S/C22H37N3O3/c1-4-7-8-9-10-11-18-28-22(27)24-20-14-12-19(13-15-20)21(26)23-16-17-25(5-2)6-3/h12-15H,4-11,16-18H2,1-3H3,(H,23,26)(H,24,27). The molecule has 0 atom stereocenters. The molecular formula is C22H37N3O3. The summed E-state index contributed by atoms with van der Waals surface area (Å²) in [5.41, 5.74) is 1.19. The van der Waals surface area contributed by atoms with Crippen molar-refractivity contribution < 1.29 is 14.3 Å². The number of nitrogens with zero attached hydrogens (tertiary/aromatic N) is 1. The molecule has 2 amide bonds. The van der Waals surface area contributed by atoms with Gasteiger partial charge in [0.05, 0.1) is 6.61 Å². The van der Waals surface area contributed by atoms with E-state index in [0.29, 0.717) is 24.4 Å². The van der Waals surface area contributed by atoms with Gasteiger partial charge in [0.25, 0.3) is 5.91 Å². The van der Waals surface area contributed by atoms with Crippen LogP contribution in [0.2, 0.25) is 0 Å². The molecule has 0 bridgehead atoms. The summed E-state index contributed by atoms with van der Waals surface area (Å²) in [5, 5.41) is 5.61. The number of ether oxygens (including phenoxy) is 1. The van der Waals surface area contributed by atoms with E-state index in [2.05, 4.69) is 36.3 Å². The fourth-order valence-electron chi connectivity index (χ4n) is 2.88. The number of likely N-dealkylation sites (N-methyl/N-ethyl adjacent to an activating group) is 1. The van der Waals surface area contributed by atoms with Gasteiger partial charge in [0.1, 0.15) is 0 Å². The lowest BCUT2D eigenvalue weighted by Gasteiger charge is -2.17. The van der Waals surface area contributed by atoms with Gasteiger partial charge in [-0.2, -0.15) is 0 Å². The Labute approximate surface area is 170 Å². The first-order valence-corrected chi connectivity index (χ1v) is 10.6. The number of unbranched alkanes of at least 4 members (excludes halogenated alkanes) is 5. The summed E-state index contributed by atoms with van der Waals surface area (Å²) in [6.45, 7) is 10.2. The van der Waals surface area contributed by atoms with Crippen molar-refractivity contribution in [2.45, 2.75) is 59.3 Å². The minimum Gasteiger partial charge on any atom is -0.449 e. The summed E-state index contributed by atoms with van der Waals surface area (Å²) in [6.07, 6.45) is 6.47. The number of anilines is 1. The van der Waals surface area contributed by atoms with Crippen LogP contribution in [0.5, 0.6) is 0 Å². The van der Waals surface area contributed by atoms with E-state index in [1.165, 1.54) is 25.7 Å². The largest absolute Gasteiger partial charge is 0.449 e. The smallest absolute Gasteiger partial charge is 0.411 e. The molecule has 2 N–H and O–H groups in total. The predicted molar refractivity (Wildman–Crippen MR) is 115 cm³/mol. The summed E-state index contributed by atoms with van der Waals surface area (Å²) in [4.78, 5) is 26.2. The zero-order valence-corrected chi connectivity index (χ0v) is 17.8. The molecule has 0 saturated carbocycles. The predicted octanol–water partition coefficient (Wildman–Crippen LogP) is 4.67. The first kappa shape index (κ1) is 24.0. The van der Waals surface area contributed by atoms with E-state index in [0.717, 1.165) is 32.5 Å². The van der Waals surface area contributed by atoms with Crippen LogP contribution < -0.4 is 10.6 Å². The monoisotopic (exact) mass is 391 g/mol. The molecule has 0 aliphatic heterocycles. The Kier molecular flexibility index (Phi) is 12.8. The Morgan fingerprint density at radius 2 is 1.57 bits per heavy atom. The molecule has 6 heteroatoms. The highest BCUT2D eigenvalue weighted by Gasteiger charge is 2.08. The Hall–Kier alpha value is -2.08. The maximum absolute atomic E-state index is 12.2. The average molecular weight is 392 g/mol. The zero-order chi connectivity index (χ0) is 20.6. The fourth-order valence-corrected chi connectivity index (χ4v) is 2.88. The molecular weight excluding hydrogens is 354 g/mol. The van der Waals surface area contributed by atoms with Gasteiger partial charge in [0.15, 0.2) is 0 Å². The molecule has 158 valence electrons. The van der Waals surface area contributed by atoms with Gasteiger partial charge in [-0.1, -0.05) is 52.9 Å². The molecule has 0 unspecified atom stereocenters. The molecule has 0 aromatic heterocycles. The zero-order valence-electron chi connectivity index (χ0n) is 17.8. The van der Waals surface area contributed by atoms with Crippen LogP contribution in [0.4, 0.5) is 10.5 Å². The second-order valence-electron chi connectivity index (χ2n) is 6.89. The number of carbonyl (C=O) groups is 2. The normalized spacial score (nSPS) is 10.7. The van der Waals surface area contributed by atoms with Crippen LogP contribution in [-0.2, 0) is 4.74 Å². The summed E-state index contributed by atoms with van der Waals surface area (Å²) in [7, 11) is 0. The summed E-state index contributed by atoms with van der Waals surface area (Å²) in [6, 6.07) is 6.84. The van der Waals surface area contributed by atoms with Gasteiger partial charge in [0.2, 0.25) is 0 Å². The topological polar surface area (TPSA) is 70.7 Å². The van der Waals surface area contributed by atoms with Crippen LogP contribution in [0.25, 0.3) is 0 Å². The van der Waals surface area contributed by atoms with Crippen LogP contribution in [0.15, 0.2) is 24.3 Å². The van der Waals surface area contributed by atoms with Crippen molar-refractivity contribution in [2.75, 3.05) is 38.1 Å². The van der Waals surface area contributed by atoms with E-state index in [-0.39, 0.29) is 5.91 Å². The quantitative estimate of drug-likeness (QED) is 0.452. The molecule has 0 heterocycles. The summed E-state index contributed by atoms with van der Waals surface area (Å²) < 4.78 is 5.19. The highest BCUT2D eigenvalue weighted by molar-refractivity contribution is 5.95. The van der Waals surface area contributed by atoms with Crippen molar-refractivity contribution in [3.8, 4) is 0 Å². The van der Waals surface area contributed by atoms with Crippen molar-refractivity contribution >= 4 is 17.7 Å². The number of amides is 2. The highest BCUT2D eigenvalue weighted by atomic mass is 16.5. The highest BCUT2D eigenvalue weighted by Crippen LogP contribution is 2.10. The minimum absolute atomic E-state index is 0.107. The second-order valence-corrected chi connectivity index (χ2v) is 6.89. The summed E-state index contributed by atoms with van der Waals surface area (Å²) >= 11 is 0. The van der Waals surface area contributed by atoms with Crippen LogP contribution in [0.1, 0.15) is 69.7 Å². The van der Waals surface area contributed by atoms with Gasteiger partial charge in [-0.05, 0) is 43.8 Å². The fraction of sp³-hybridized carbons (Fsp3) is 0.636. The van der Waals surface area contributed by atoms with Crippen LogP contribution >= 0.6 is 0 Å². The summed E-state index contributed by atoms with van der Waals surface area (Å²) in [5.74, 6) is -0.107. The molecule has 1 aromatic carbocycles. The Balaban J connectivity index is 2.26. The average Bonchev–Trinajstić information content (AvgIpc) is 2.71. The number of rotatable bonds is 14. The van der Waals surface area contributed by atoms with Crippen LogP contribution in [-0.4, -0.2) is 49.7 Å². The van der Waals surface area contributed by atoms with Crippen molar-refractivity contribution in [1.29, 1.82) is 0 Å². The lowest BCUT2D eigenvalue weighted by molar-refractivity contribution is 0.0949. The van der Waals surface area contributed by atoms with Gasteiger partial charge in [-0.25, -0.2) is 4.79 Å². The van der Waals surface area contributed by atoms with Gasteiger partial charge < -0.3 is 15.0 Å². The Bertz CT molecular complexity index is 557. The number of nitrogens with one attached hydrogen (secondary N) is 2. The lowest BCUT2D eigenvalue weighted by atomic mass is 10.1. The van der Waals surface area contributed by atoms with E-state index in [1.54, 1.807) is 24.3 Å². The van der Waals surface area contributed by atoms with Crippen LogP contribution in [0.3, 0.4) is 0 Å². The number of hydrogen-bond acceptors (Lipinski definition) is 4. The van der Waals surface area contributed by atoms with E-state index in [9.17, 15) is 9.59 Å². The van der Waals surface area contributed by atoms with Crippen molar-refractivity contribution in [1.82, 2.24) is 10.2 Å². The molecule has 0 radical (unpaired) electrons. The molecule has 0 aliphatic rings. The molecule has 0 spiro atoms. The molecule has 1 aromatic rings. The second kappa shape index (κ2) is 14.9. The number of hydrogen-bond donors (Lipinski definition) is 2. The molecule has 1 rings (SSSR count). The van der Waals surface area contributed by atoms with Gasteiger partial charge in [-0.15, -0.1) is 0 Å². The van der Waals surface area contributed by atoms with E-state index in [1.807, 2.05) is 0 Å². The third-order valence-corrected chi connectivity index (χ3v) is 4.73. The third kappa shape index (κ3) is 10.3. The Morgan fingerprint density at radius 3 is 2.21 bits per heavy atom. The number of benzene rings is 1. The molecule has 6 nitrogen and oxygen atoms in total. The van der Waals surface area contributed by atoms with E-state index < -0.39 is 6.09 Å². The third-order valence-electron chi connectivity index (χ3n) is 4.73. The molecule has 28 heavy (non-hydrogen) atoms. The van der Waals surface area contributed by atoms with Crippen molar-refractivity contribution in [3.05, 3.63) is 29.8 Å². The van der Waals surface area contributed by atoms with Crippen molar-refractivity contribution in [3.63, 3.8) is 0 Å². The molecule has 0 aliphatic carbocycles. The number of carbonyl (C=O) groups excluding carboxylic acids is 2. The molecule has 0 fully saturated rings. The maximum atomic E-state index is 12.2. The van der Waals surface area contributed by atoms with E-state index >= 15 is 0 Å². The van der Waals surface area contributed by atoms with Gasteiger partial charge >= 0.3 is 6.09 Å².